The number of aliphatic carboxylic acids is 1. The Labute approximate surface area is 112 Å². The van der Waals surface area contributed by atoms with Crippen LogP contribution in [-0.2, 0) is 4.79 Å². The zero-order chi connectivity index (χ0) is 14.0. The van der Waals surface area contributed by atoms with Crippen LogP contribution in [0.15, 0.2) is 18.5 Å². The molecule has 2 unspecified atom stereocenters. The number of carbonyl (C=O) groups excluding carboxylic acids is 1. The summed E-state index contributed by atoms with van der Waals surface area (Å²) in [6.07, 6.45) is 5.29. The molecule has 5 nitrogen and oxygen atoms in total. The maximum Gasteiger partial charge on any atom is 0.311 e. The third-order valence-electron chi connectivity index (χ3n) is 3.89. The Morgan fingerprint density at radius 3 is 2.84 bits per heavy atom. The van der Waals surface area contributed by atoms with Crippen LogP contribution in [0, 0.1) is 12.3 Å². The summed E-state index contributed by atoms with van der Waals surface area (Å²) in [5.41, 5.74) is 0.507. The number of aryl methyl sites for hydroxylation is 1. The normalized spacial score (nSPS) is 26.1. The molecule has 1 amide bonds. The summed E-state index contributed by atoms with van der Waals surface area (Å²) in [5, 5.41) is 12.1. The molecule has 1 fully saturated rings. The molecule has 102 valence electrons. The van der Waals surface area contributed by atoms with E-state index < -0.39 is 11.4 Å². The fourth-order valence-electron chi connectivity index (χ4n) is 2.57. The van der Waals surface area contributed by atoms with Crippen LogP contribution in [0.25, 0.3) is 0 Å². The Hall–Kier alpha value is -1.91. The Morgan fingerprint density at radius 2 is 2.21 bits per heavy atom. The quantitative estimate of drug-likeness (QED) is 0.870. The van der Waals surface area contributed by atoms with Crippen molar-refractivity contribution in [2.45, 2.75) is 39.2 Å². The molecule has 0 bridgehead atoms. The second kappa shape index (κ2) is 4.99. The molecule has 1 aromatic heterocycles. The van der Waals surface area contributed by atoms with Crippen LogP contribution in [0.1, 0.15) is 42.1 Å². The maximum absolute atomic E-state index is 12.1. The number of aromatic nitrogens is 1. The number of nitrogens with one attached hydrogen (secondary N) is 1. The van der Waals surface area contributed by atoms with Crippen LogP contribution in [0.4, 0.5) is 0 Å². The van der Waals surface area contributed by atoms with E-state index in [4.69, 9.17) is 0 Å². The Kier molecular flexibility index (Phi) is 3.55. The summed E-state index contributed by atoms with van der Waals surface area (Å²) in [5.74, 6) is -1.10. The van der Waals surface area contributed by atoms with E-state index in [0.29, 0.717) is 18.4 Å². The molecule has 0 spiro atoms. The van der Waals surface area contributed by atoms with Crippen LogP contribution in [0.2, 0.25) is 0 Å². The molecule has 2 atom stereocenters. The highest BCUT2D eigenvalue weighted by Crippen LogP contribution is 2.38. The largest absolute Gasteiger partial charge is 0.481 e. The van der Waals surface area contributed by atoms with E-state index >= 15 is 0 Å². The first-order valence-electron chi connectivity index (χ1n) is 6.39. The molecule has 0 aromatic carbocycles. The molecule has 5 heteroatoms. The zero-order valence-electron chi connectivity index (χ0n) is 11.1. The summed E-state index contributed by atoms with van der Waals surface area (Å²) >= 11 is 0. The van der Waals surface area contributed by atoms with Crippen molar-refractivity contribution in [1.29, 1.82) is 0 Å². The van der Waals surface area contributed by atoms with Crippen molar-refractivity contribution in [1.82, 2.24) is 10.3 Å². The van der Waals surface area contributed by atoms with Gasteiger partial charge in [-0.15, -0.1) is 0 Å². The van der Waals surface area contributed by atoms with Crippen LogP contribution in [0.3, 0.4) is 0 Å². The minimum Gasteiger partial charge on any atom is -0.481 e. The van der Waals surface area contributed by atoms with E-state index in [9.17, 15) is 14.7 Å². The summed E-state index contributed by atoms with van der Waals surface area (Å²) in [4.78, 5) is 27.4. The van der Waals surface area contributed by atoms with Gasteiger partial charge in [-0.1, -0.05) is 6.42 Å². The summed E-state index contributed by atoms with van der Waals surface area (Å²) in [7, 11) is 0. The lowest BCUT2D eigenvalue weighted by Gasteiger charge is -2.27. The number of hydrogen-bond acceptors (Lipinski definition) is 3. The van der Waals surface area contributed by atoms with Crippen LogP contribution in [-0.4, -0.2) is 28.0 Å². The number of carbonyl (C=O) groups is 2. The lowest BCUT2D eigenvalue weighted by molar-refractivity contribution is -0.148. The van der Waals surface area contributed by atoms with Gasteiger partial charge in [0.25, 0.3) is 5.91 Å². The second-order valence-corrected chi connectivity index (χ2v) is 5.39. The van der Waals surface area contributed by atoms with Crippen molar-refractivity contribution >= 4 is 11.9 Å². The average molecular weight is 262 g/mol. The molecular weight excluding hydrogens is 244 g/mol. The molecule has 2 rings (SSSR count). The molecule has 1 aliphatic carbocycles. The number of amides is 1. The molecule has 0 aliphatic heterocycles. The van der Waals surface area contributed by atoms with Gasteiger partial charge in [-0.25, -0.2) is 0 Å². The van der Waals surface area contributed by atoms with Crippen LogP contribution >= 0.6 is 0 Å². The van der Waals surface area contributed by atoms with E-state index in [0.717, 1.165) is 12.0 Å². The highest BCUT2D eigenvalue weighted by molar-refractivity contribution is 5.94. The van der Waals surface area contributed by atoms with Gasteiger partial charge in [0.2, 0.25) is 0 Å². The summed E-state index contributed by atoms with van der Waals surface area (Å²) in [6.45, 7) is 3.56. The van der Waals surface area contributed by atoms with Crippen molar-refractivity contribution in [3.05, 3.63) is 29.6 Å². The third-order valence-corrected chi connectivity index (χ3v) is 3.89. The number of nitrogens with zero attached hydrogens (tertiary/aromatic N) is 1. The van der Waals surface area contributed by atoms with Gasteiger partial charge in [0.05, 0.1) is 11.0 Å². The van der Waals surface area contributed by atoms with Gasteiger partial charge in [0, 0.05) is 18.4 Å². The van der Waals surface area contributed by atoms with Gasteiger partial charge >= 0.3 is 5.97 Å². The highest BCUT2D eigenvalue weighted by Gasteiger charge is 2.45. The Bertz CT molecular complexity index is 515. The number of carboxylic acid groups (broad SMARTS) is 1. The van der Waals surface area contributed by atoms with Crippen molar-refractivity contribution < 1.29 is 14.7 Å². The fraction of sp³-hybridized carbons (Fsp3) is 0.500. The number of pyridine rings is 1. The van der Waals surface area contributed by atoms with Crippen LogP contribution in [0.5, 0.6) is 0 Å². The van der Waals surface area contributed by atoms with Gasteiger partial charge in [-0.2, -0.15) is 0 Å². The lowest BCUT2D eigenvalue weighted by atomic mass is 9.85. The Balaban J connectivity index is 2.13. The predicted molar refractivity (Wildman–Crippen MR) is 69.8 cm³/mol. The number of hydrogen-bond donors (Lipinski definition) is 2. The van der Waals surface area contributed by atoms with E-state index in [2.05, 4.69) is 10.3 Å². The fourth-order valence-corrected chi connectivity index (χ4v) is 2.57. The third kappa shape index (κ3) is 2.59. The summed E-state index contributed by atoms with van der Waals surface area (Å²) in [6, 6.07) is 1.42. The van der Waals surface area contributed by atoms with Crippen LogP contribution < -0.4 is 5.32 Å². The monoisotopic (exact) mass is 262 g/mol. The van der Waals surface area contributed by atoms with E-state index in [-0.39, 0.29) is 11.9 Å². The van der Waals surface area contributed by atoms with E-state index in [1.807, 2.05) is 6.92 Å². The number of rotatable bonds is 3. The molecule has 1 heterocycles. The second-order valence-electron chi connectivity index (χ2n) is 5.39. The number of carboxylic acids is 1. The minimum atomic E-state index is -0.868. The molecule has 2 N–H and O–H groups in total. The van der Waals surface area contributed by atoms with Gasteiger partial charge in [-0.3, -0.25) is 14.6 Å². The molecule has 1 saturated carbocycles. The standard InChI is InChI=1S/C14H18N2O3/c1-9-6-10(8-15-7-9)12(17)16-11-4-3-5-14(11,2)13(18)19/h6-8,11H,3-5H2,1-2H3,(H,16,17)(H,18,19). The topological polar surface area (TPSA) is 79.3 Å². The van der Waals surface area contributed by atoms with Crippen molar-refractivity contribution in [2.75, 3.05) is 0 Å². The van der Waals surface area contributed by atoms with E-state index in [1.165, 1.54) is 6.20 Å². The predicted octanol–water partition coefficient (Wildman–Crippen LogP) is 1.76. The molecule has 0 radical (unpaired) electrons. The Morgan fingerprint density at radius 1 is 1.47 bits per heavy atom. The van der Waals surface area contributed by atoms with Crippen molar-refractivity contribution in [3.63, 3.8) is 0 Å². The van der Waals surface area contributed by atoms with Gasteiger partial charge in [0.15, 0.2) is 0 Å². The van der Waals surface area contributed by atoms with Gasteiger partial charge in [-0.05, 0) is 38.3 Å². The molecule has 1 aromatic rings. The first kappa shape index (κ1) is 13.5. The minimum absolute atomic E-state index is 0.254. The van der Waals surface area contributed by atoms with Crippen molar-refractivity contribution in [2.24, 2.45) is 5.41 Å². The zero-order valence-corrected chi connectivity index (χ0v) is 11.1. The first-order valence-corrected chi connectivity index (χ1v) is 6.39. The molecule has 0 saturated heterocycles. The molecular formula is C14H18N2O3. The lowest BCUT2D eigenvalue weighted by Crippen LogP contribution is -2.47. The molecule has 1 aliphatic rings. The summed E-state index contributed by atoms with van der Waals surface area (Å²) < 4.78 is 0. The van der Waals surface area contributed by atoms with Crippen molar-refractivity contribution in [3.8, 4) is 0 Å². The smallest absolute Gasteiger partial charge is 0.311 e. The highest BCUT2D eigenvalue weighted by atomic mass is 16.4. The average Bonchev–Trinajstić information content (AvgIpc) is 2.72. The molecule has 19 heavy (non-hydrogen) atoms. The SMILES string of the molecule is Cc1cncc(C(=O)NC2CCCC2(C)C(=O)O)c1. The van der Waals surface area contributed by atoms with Gasteiger partial charge in [0.1, 0.15) is 0 Å². The van der Waals surface area contributed by atoms with E-state index in [1.54, 1.807) is 19.2 Å². The first-order chi connectivity index (χ1) is 8.93. The van der Waals surface area contributed by atoms with Gasteiger partial charge < -0.3 is 10.4 Å². The maximum atomic E-state index is 12.1.